The molecule has 4 rings (SSSR count). The van der Waals surface area contributed by atoms with Crippen LogP contribution in [0.25, 0.3) is 6.08 Å². The number of amides is 2. The second kappa shape index (κ2) is 10.6. The number of halogens is 3. The van der Waals surface area contributed by atoms with Crippen LogP contribution in [-0.2, 0) is 14.8 Å². The summed E-state index contributed by atoms with van der Waals surface area (Å²) in [6.07, 6.45) is -4.36. The Bertz CT molecular complexity index is 1490. The fraction of sp³-hybridized carbons (Fsp3) is 0.346. The van der Waals surface area contributed by atoms with Gasteiger partial charge in [-0.05, 0) is 73.7 Å². The van der Waals surface area contributed by atoms with E-state index in [1.165, 1.54) is 29.6 Å². The summed E-state index contributed by atoms with van der Waals surface area (Å²) >= 11 is 0. The van der Waals surface area contributed by atoms with Crippen LogP contribution in [0.3, 0.4) is 0 Å². The van der Waals surface area contributed by atoms with Crippen molar-refractivity contribution in [3.63, 3.8) is 0 Å². The largest absolute Gasteiger partial charge is 0.573 e. The molecule has 2 amide bonds. The van der Waals surface area contributed by atoms with Crippen LogP contribution in [-0.4, -0.2) is 67.7 Å². The number of benzene rings is 2. The molecule has 2 heterocycles. The van der Waals surface area contributed by atoms with Crippen molar-refractivity contribution in [2.45, 2.75) is 38.6 Å². The summed E-state index contributed by atoms with van der Waals surface area (Å²) in [6.45, 7) is 3.52. The molecule has 0 atom stereocenters. The zero-order chi connectivity index (χ0) is 29.5. The van der Waals surface area contributed by atoms with Gasteiger partial charge in [-0.15, -0.1) is 13.2 Å². The van der Waals surface area contributed by atoms with E-state index in [1.54, 1.807) is 26.0 Å². The van der Waals surface area contributed by atoms with E-state index in [4.69, 9.17) is 0 Å². The predicted octanol–water partition coefficient (Wildman–Crippen LogP) is 4.03. The molecule has 2 aliphatic heterocycles. The number of rotatable bonds is 6. The molecule has 2 aliphatic rings. The smallest absolute Gasteiger partial charge is 0.465 e. The number of aryl methyl sites for hydroxylation is 2. The van der Waals surface area contributed by atoms with E-state index in [0.717, 1.165) is 22.4 Å². The number of amidine groups is 1. The number of piperidine rings is 1. The number of ether oxygens (including phenoxy) is 1. The van der Waals surface area contributed by atoms with E-state index < -0.39 is 39.7 Å². The molecular weight excluding hydrogens is 553 g/mol. The second-order valence-corrected chi connectivity index (χ2v) is 11.4. The highest BCUT2D eigenvalue weighted by Gasteiger charge is 2.47. The lowest BCUT2D eigenvalue weighted by atomic mass is 9.89. The average Bonchev–Trinajstić information content (AvgIpc) is 3.17. The number of nitrogens with zero attached hydrogens (tertiary/aromatic N) is 3. The minimum absolute atomic E-state index is 0.00834. The first-order valence-corrected chi connectivity index (χ1v) is 13.6. The molecule has 0 unspecified atom stereocenters. The Balaban J connectivity index is 1.48. The van der Waals surface area contributed by atoms with Gasteiger partial charge in [0.15, 0.2) is 0 Å². The van der Waals surface area contributed by atoms with E-state index in [-0.39, 0.29) is 37.3 Å². The normalized spacial score (nSPS) is 17.6. The molecular formula is C26H27F3N4O6S. The highest BCUT2D eigenvalue weighted by molar-refractivity contribution is 7.92. The minimum atomic E-state index is -4.87. The van der Waals surface area contributed by atoms with Crippen molar-refractivity contribution in [2.24, 2.45) is 4.99 Å². The first kappa shape index (κ1) is 29.1. The van der Waals surface area contributed by atoms with Gasteiger partial charge in [-0.25, -0.2) is 13.2 Å². The number of hydrogen-bond acceptors (Lipinski definition) is 6. The van der Waals surface area contributed by atoms with Gasteiger partial charge < -0.3 is 15.2 Å². The van der Waals surface area contributed by atoms with Crippen LogP contribution in [0.5, 0.6) is 5.75 Å². The Hall–Kier alpha value is -3.91. The maximum atomic E-state index is 13.1. The lowest BCUT2D eigenvalue weighted by Gasteiger charge is -2.34. The molecule has 2 aromatic carbocycles. The molecule has 0 saturated carbocycles. The number of hydrogen-bond donors (Lipinski definition) is 2. The molecule has 1 saturated heterocycles. The van der Waals surface area contributed by atoms with Crippen LogP contribution in [0, 0.1) is 13.8 Å². The topological polar surface area (TPSA) is 129 Å². The maximum Gasteiger partial charge on any atom is 0.573 e. The Morgan fingerprint density at radius 1 is 1.18 bits per heavy atom. The first-order valence-electron chi connectivity index (χ1n) is 12.1. The fourth-order valence-electron chi connectivity index (χ4n) is 4.70. The van der Waals surface area contributed by atoms with Crippen molar-refractivity contribution < 1.29 is 41.0 Å². The van der Waals surface area contributed by atoms with E-state index in [1.807, 2.05) is 0 Å². The lowest BCUT2D eigenvalue weighted by Crippen LogP contribution is -2.50. The van der Waals surface area contributed by atoms with Gasteiger partial charge in [-0.2, -0.15) is 4.31 Å². The van der Waals surface area contributed by atoms with E-state index in [9.17, 15) is 36.3 Å². The number of alkyl halides is 3. The van der Waals surface area contributed by atoms with Crippen LogP contribution in [0.4, 0.5) is 23.7 Å². The number of carbonyl (C=O) groups is 2. The van der Waals surface area contributed by atoms with Gasteiger partial charge in [-0.3, -0.25) is 14.7 Å². The van der Waals surface area contributed by atoms with E-state index >= 15 is 0 Å². The standard InChI is InChI=1S/C26H27F3N4O6S/c1-16-13-19(32(3)24(35)36)14-17(2)21(16)7-12-40(37,38)33-10-8-25(9-11-33)23(34)30-22(31-25)18-5-4-6-20(15-18)39-26(27,28)29/h4-7,12-15H,8-11H2,1-3H3,(H,35,36)(H,30,31,34). The maximum absolute atomic E-state index is 13.1. The van der Waals surface area contributed by atoms with Crippen molar-refractivity contribution in [3.05, 3.63) is 64.1 Å². The summed E-state index contributed by atoms with van der Waals surface area (Å²) < 4.78 is 69.1. The summed E-state index contributed by atoms with van der Waals surface area (Å²) in [5.41, 5.74) is 1.49. The first-order chi connectivity index (χ1) is 18.6. The predicted molar refractivity (Wildman–Crippen MR) is 142 cm³/mol. The summed E-state index contributed by atoms with van der Waals surface area (Å²) in [4.78, 5) is 29.6. The number of carbonyl (C=O) groups excluding carboxylic acids is 1. The SMILES string of the molecule is Cc1cc(N(C)C(=O)O)cc(C)c1C=CS(=O)(=O)N1CCC2(CC1)N=C(c1cccc(OC(F)(F)F)c1)NC2=O. The molecule has 0 radical (unpaired) electrons. The second-order valence-electron chi connectivity index (χ2n) is 9.60. The molecule has 0 aliphatic carbocycles. The van der Waals surface area contributed by atoms with Gasteiger partial charge in [-0.1, -0.05) is 12.1 Å². The zero-order valence-corrected chi connectivity index (χ0v) is 22.6. The van der Waals surface area contributed by atoms with Crippen molar-refractivity contribution in [1.82, 2.24) is 9.62 Å². The summed E-state index contributed by atoms with van der Waals surface area (Å²) in [6, 6.07) is 8.38. The molecule has 214 valence electrons. The third kappa shape index (κ3) is 6.12. The van der Waals surface area contributed by atoms with Crippen molar-refractivity contribution in [3.8, 4) is 5.75 Å². The summed E-state index contributed by atoms with van der Waals surface area (Å²) in [5.74, 6) is -0.809. The van der Waals surface area contributed by atoms with Crippen LogP contribution in [0.15, 0.2) is 46.8 Å². The van der Waals surface area contributed by atoms with Gasteiger partial charge in [0.05, 0.1) is 0 Å². The van der Waals surface area contributed by atoms with Gasteiger partial charge >= 0.3 is 12.5 Å². The van der Waals surface area contributed by atoms with Gasteiger partial charge in [0.2, 0.25) is 10.0 Å². The number of sulfonamides is 1. The van der Waals surface area contributed by atoms with Gasteiger partial charge in [0.25, 0.3) is 5.91 Å². The Labute approximate surface area is 228 Å². The molecule has 1 fully saturated rings. The van der Waals surface area contributed by atoms with Crippen LogP contribution < -0.4 is 15.0 Å². The van der Waals surface area contributed by atoms with E-state index in [2.05, 4.69) is 15.0 Å². The quantitative estimate of drug-likeness (QED) is 0.531. The van der Waals surface area contributed by atoms with Crippen molar-refractivity contribution >= 4 is 39.6 Å². The number of nitrogens with one attached hydrogen (secondary N) is 1. The molecule has 40 heavy (non-hydrogen) atoms. The molecule has 14 heteroatoms. The lowest BCUT2D eigenvalue weighted by molar-refractivity contribution is -0.274. The Morgan fingerprint density at radius 3 is 2.38 bits per heavy atom. The monoisotopic (exact) mass is 580 g/mol. The minimum Gasteiger partial charge on any atom is -0.465 e. The van der Waals surface area contributed by atoms with Crippen molar-refractivity contribution in [1.29, 1.82) is 0 Å². The van der Waals surface area contributed by atoms with Crippen LogP contribution >= 0.6 is 0 Å². The zero-order valence-electron chi connectivity index (χ0n) is 21.8. The molecule has 2 aromatic rings. The molecule has 10 nitrogen and oxygen atoms in total. The van der Waals surface area contributed by atoms with Crippen LogP contribution in [0.2, 0.25) is 0 Å². The average molecular weight is 581 g/mol. The molecule has 0 aromatic heterocycles. The summed E-state index contributed by atoms with van der Waals surface area (Å²) in [7, 11) is -2.45. The number of anilines is 1. The third-order valence-corrected chi connectivity index (χ3v) is 8.46. The van der Waals surface area contributed by atoms with Crippen LogP contribution in [0.1, 0.15) is 35.1 Å². The van der Waals surface area contributed by atoms with Gasteiger partial charge in [0, 0.05) is 36.8 Å². The molecule has 1 spiro atoms. The van der Waals surface area contributed by atoms with Gasteiger partial charge in [0.1, 0.15) is 17.1 Å². The molecule has 0 bridgehead atoms. The molecule has 2 N–H and O–H groups in total. The number of carboxylic acid groups (broad SMARTS) is 1. The summed E-state index contributed by atoms with van der Waals surface area (Å²) in [5, 5.41) is 12.9. The van der Waals surface area contributed by atoms with E-state index in [0.29, 0.717) is 22.4 Å². The highest BCUT2D eigenvalue weighted by atomic mass is 32.2. The highest BCUT2D eigenvalue weighted by Crippen LogP contribution is 2.33. The Morgan fingerprint density at radius 2 is 1.80 bits per heavy atom. The fourth-order valence-corrected chi connectivity index (χ4v) is 5.87. The van der Waals surface area contributed by atoms with Crippen molar-refractivity contribution in [2.75, 3.05) is 25.0 Å². The third-order valence-electron chi connectivity index (χ3n) is 6.89. The Kier molecular flexibility index (Phi) is 7.69. The number of aliphatic imine (C=N–C) groups is 1.